The number of nitrogens with zero attached hydrogens (tertiary/aromatic N) is 2. The Kier molecular flexibility index (Phi) is 4.71. The third-order valence-electron chi connectivity index (χ3n) is 2.34. The summed E-state index contributed by atoms with van der Waals surface area (Å²) >= 11 is 1.60. The van der Waals surface area contributed by atoms with Gasteiger partial charge in [-0.2, -0.15) is 0 Å². The van der Waals surface area contributed by atoms with E-state index in [1.165, 1.54) is 0 Å². The SMILES string of the molecule is CCN(C)C(=O)CNC(C)c1cncs1. The van der Waals surface area contributed by atoms with Crippen molar-refractivity contribution >= 4 is 17.2 Å². The molecule has 1 aromatic heterocycles. The van der Waals surface area contributed by atoms with Crippen molar-refractivity contribution in [2.24, 2.45) is 0 Å². The highest BCUT2D eigenvalue weighted by atomic mass is 32.1. The molecule has 5 heteroatoms. The normalized spacial score (nSPS) is 12.5. The molecule has 0 spiro atoms. The lowest BCUT2D eigenvalue weighted by atomic mass is 10.3. The topological polar surface area (TPSA) is 45.2 Å². The fourth-order valence-corrected chi connectivity index (χ4v) is 1.74. The summed E-state index contributed by atoms with van der Waals surface area (Å²) in [5.41, 5.74) is 1.80. The van der Waals surface area contributed by atoms with E-state index in [1.54, 1.807) is 28.8 Å². The molecule has 1 unspecified atom stereocenters. The Labute approximate surface area is 94.3 Å². The molecule has 1 rings (SSSR count). The average Bonchev–Trinajstić information content (AvgIpc) is 2.77. The molecule has 0 radical (unpaired) electrons. The summed E-state index contributed by atoms with van der Waals surface area (Å²) in [5, 5.41) is 3.18. The van der Waals surface area contributed by atoms with E-state index in [1.807, 2.05) is 20.0 Å². The van der Waals surface area contributed by atoms with Gasteiger partial charge in [-0.3, -0.25) is 9.78 Å². The monoisotopic (exact) mass is 227 g/mol. The van der Waals surface area contributed by atoms with Crippen molar-refractivity contribution in [1.82, 2.24) is 15.2 Å². The minimum Gasteiger partial charge on any atom is -0.345 e. The van der Waals surface area contributed by atoms with E-state index in [9.17, 15) is 4.79 Å². The van der Waals surface area contributed by atoms with Crippen molar-refractivity contribution < 1.29 is 4.79 Å². The van der Waals surface area contributed by atoms with Gasteiger partial charge in [-0.05, 0) is 13.8 Å². The van der Waals surface area contributed by atoms with Gasteiger partial charge < -0.3 is 10.2 Å². The summed E-state index contributed by atoms with van der Waals surface area (Å²) in [6.45, 7) is 5.12. The molecule has 1 amide bonds. The third kappa shape index (κ3) is 3.60. The number of nitrogens with one attached hydrogen (secondary N) is 1. The van der Waals surface area contributed by atoms with Gasteiger partial charge in [0.2, 0.25) is 5.91 Å². The van der Waals surface area contributed by atoms with E-state index in [4.69, 9.17) is 0 Å². The lowest BCUT2D eigenvalue weighted by Gasteiger charge is -2.17. The van der Waals surface area contributed by atoms with Gasteiger partial charge in [0.25, 0.3) is 0 Å². The second-order valence-corrected chi connectivity index (χ2v) is 4.33. The van der Waals surface area contributed by atoms with E-state index >= 15 is 0 Å². The average molecular weight is 227 g/mol. The molecule has 0 aliphatic carbocycles. The van der Waals surface area contributed by atoms with Crippen LogP contribution in [0.2, 0.25) is 0 Å². The number of thiazole rings is 1. The van der Waals surface area contributed by atoms with Crippen LogP contribution in [0.1, 0.15) is 24.8 Å². The van der Waals surface area contributed by atoms with Gasteiger partial charge in [-0.25, -0.2) is 0 Å². The van der Waals surface area contributed by atoms with Crippen LogP contribution in [0.4, 0.5) is 0 Å². The highest BCUT2D eigenvalue weighted by Gasteiger charge is 2.10. The fraction of sp³-hybridized carbons (Fsp3) is 0.600. The van der Waals surface area contributed by atoms with Crippen molar-refractivity contribution in [3.63, 3.8) is 0 Å². The summed E-state index contributed by atoms with van der Waals surface area (Å²) in [6.07, 6.45) is 1.83. The first-order chi connectivity index (χ1) is 7.15. The highest BCUT2D eigenvalue weighted by Crippen LogP contribution is 2.15. The number of carbonyl (C=O) groups is 1. The van der Waals surface area contributed by atoms with Crippen LogP contribution in [-0.4, -0.2) is 35.9 Å². The lowest BCUT2D eigenvalue weighted by molar-refractivity contribution is -0.128. The summed E-state index contributed by atoms with van der Waals surface area (Å²) < 4.78 is 0. The minimum atomic E-state index is 0.119. The molecule has 84 valence electrons. The molecule has 0 bridgehead atoms. The van der Waals surface area contributed by atoms with Gasteiger partial charge in [-0.1, -0.05) is 0 Å². The summed E-state index contributed by atoms with van der Waals surface area (Å²) in [7, 11) is 1.81. The molecule has 0 fully saturated rings. The zero-order valence-electron chi connectivity index (χ0n) is 9.36. The van der Waals surface area contributed by atoms with Crippen molar-refractivity contribution in [3.05, 3.63) is 16.6 Å². The number of aromatic nitrogens is 1. The molecule has 0 saturated carbocycles. The largest absolute Gasteiger partial charge is 0.345 e. The second-order valence-electron chi connectivity index (χ2n) is 3.41. The molecule has 1 atom stereocenters. The van der Waals surface area contributed by atoms with Gasteiger partial charge in [0.1, 0.15) is 0 Å². The van der Waals surface area contributed by atoms with Crippen LogP contribution >= 0.6 is 11.3 Å². The predicted molar refractivity (Wildman–Crippen MR) is 61.8 cm³/mol. The number of likely N-dealkylation sites (N-methyl/N-ethyl adjacent to an activating group) is 1. The van der Waals surface area contributed by atoms with Crippen LogP contribution < -0.4 is 5.32 Å². The maximum Gasteiger partial charge on any atom is 0.236 e. The van der Waals surface area contributed by atoms with Gasteiger partial charge in [-0.15, -0.1) is 11.3 Å². The Bertz CT molecular complexity index is 300. The molecule has 1 aromatic rings. The van der Waals surface area contributed by atoms with Gasteiger partial charge in [0.05, 0.1) is 12.1 Å². The molecule has 0 aliphatic rings. The molecule has 15 heavy (non-hydrogen) atoms. The maximum atomic E-state index is 11.5. The van der Waals surface area contributed by atoms with Gasteiger partial charge >= 0.3 is 0 Å². The summed E-state index contributed by atoms with van der Waals surface area (Å²) in [4.78, 5) is 18.4. The van der Waals surface area contributed by atoms with Crippen molar-refractivity contribution in [2.45, 2.75) is 19.9 Å². The maximum absolute atomic E-state index is 11.5. The highest BCUT2D eigenvalue weighted by molar-refractivity contribution is 7.09. The number of hydrogen-bond acceptors (Lipinski definition) is 4. The molecule has 1 heterocycles. The van der Waals surface area contributed by atoms with Crippen LogP contribution in [0.25, 0.3) is 0 Å². The molecular weight excluding hydrogens is 210 g/mol. The number of rotatable bonds is 5. The zero-order chi connectivity index (χ0) is 11.3. The van der Waals surface area contributed by atoms with Crippen LogP contribution in [0.15, 0.2) is 11.7 Å². The van der Waals surface area contributed by atoms with E-state index in [-0.39, 0.29) is 11.9 Å². The van der Waals surface area contributed by atoms with Gasteiger partial charge in [0, 0.05) is 30.7 Å². The van der Waals surface area contributed by atoms with Crippen molar-refractivity contribution in [3.8, 4) is 0 Å². The Morgan fingerprint density at radius 3 is 3.00 bits per heavy atom. The molecular formula is C10H17N3OS. The first-order valence-corrected chi connectivity index (χ1v) is 5.88. The Hall–Kier alpha value is -0.940. The minimum absolute atomic E-state index is 0.119. The van der Waals surface area contributed by atoms with E-state index in [0.717, 1.165) is 11.4 Å². The Morgan fingerprint density at radius 2 is 2.47 bits per heavy atom. The predicted octanol–water partition coefficient (Wildman–Crippen LogP) is 1.27. The van der Waals surface area contributed by atoms with Gasteiger partial charge in [0.15, 0.2) is 0 Å². The molecule has 1 N–H and O–H groups in total. The third-order valence-corrected chi connectivity index (χ3v) is 3.30. The zero-order valence-corrected chi connectivity index (χ0v) is 10.2. The van der Waals surface area contributed by atoms with E-state index < -0.39 is 0 Å². The Balaban J connectivity index is 2.34. The second kappa shape index (κ2) is 5.82. The molecule has 4 nitrogen and oxygen atoms in total. The smallest absolute Gasteiger partial charge is 0.236 e. The summed E-state index contributed by atoms with van der Waals surface area (Å²) in [5.74, 6) is 0.119. The van der Waals surface area contributed by atoms with Crippen molar-refractivity contribution in [1.29, 1.82) is 0 Å². The van der Waals surface area contributed by atoms with Crippen LogP contribution in [0, 0.1) is 0 Å². The fourth-order valence-electron chi connectivity index (χ4n) is 1.09. The first kappa shape index (κ1) is 12.1. The molecule has 0 aromatic carbocycles. The quantitative estimate of drug-likeness (QED) is 0.824. The summed E-state index contributed by atoms with van der Waals surface area (Å²) in [6, 6.07) is 0.187. The lowest BCUT2D eigenvalue weighted by Crippen LogP contribution is -2.36. The number of amides is 1. The van der Waals surface area contributed by atoms with Crippen LogP contribution in [-0.2, 0) is 4.79 Å². The van der Waals surface area contributed by atoms with Crippen LogP contribution in [0.3, 0.4) is 0 Å². The first-order valence-electron chi connectivity index (χ1n) is 5.00. The van der Waals surface area contributed by atoms with E-state index in [0.29, 0.717) is 6.54 Å². The molecule has 0 saturated heterocycles. The number of hydrogen-bond donors (Lipinski definition) is 1. The molecule has 0 aliphatic heterocycles. The van der Waals surface area contributed by atoms with Crippen LogP contribution in [0.5, 0.6) is 0 Å². The van der Waals surface area contributed by atoms with Crippen molar-refractivity contribution in [2.75, 3.05) is 20.1 Å². The van der Waals surface area contributed by atoms with E-state index in [2.05, 4.69) is 10.3 Å². The number of carbonyl (C=O) groups excluding carboxylic acids is 1. The Morgan fingerprint density at radius 1 is 1.73 bits per heavy atom. The standard InChI is InChI=1S/C10H17N3OS/c1-4-13(3)10(14)6-12-8(2)9-5-11-7-15-9/h5,7-8,12H,4,6H2,1-3H3.